The van der Waals surface area contributed by atoms with Gasteiger partial charge in [0.05, 0.1) is 0 Å². The first-order chi connectivity index (χ1) is 11.3. The molecule has 0 spiro atoms. The van der Waals surface area contributed by atoms with Gasteiger partial charge in [-0.3, -0.25) is 0 Å². The van der Waals surface area contributed by atoms with Crippen molar-refractivity contribution in [3.05, 3.63) is 83.6 Å². The van der Waals surface area contributed by atoms with Gasteiger partial charge in [-0.15, -0.1) is 0 Å². The van der Waals surface area contributed by atoms with Crippen LogP contribution in [0.2, 0.25) is 0 Å². The molecule has 0 saturated carbocycles. The van der Waals surface area contributed by atoms with Gasteiger partial charge in [-0.05, 0) is 34.0 Å². The summed E-state index contributed by atoms with van der Waals surface area (Å²) in [6.45, 7) is 0. The van der Waals surface area contributed by atoms with E-state index in [0.717, 1.165) is 15.9 Å². The van der Waals surface area contributed by atoms with Crippen molar-refractivity contribution in [2.75, 3.05) is 0 Å². The van der Waals surface area contributed by atoms with E-state index in [0.29, 0.717) is 0 Å². The van der Waals surface area contributed by atoms with Crippen LogP contribution in [0.4, 0.5) is 0 Å². The highest BCUT2D eigenvalue weighted by atomic mass is 79.9. The molecule has 0 radical (unpaired) electrons. The fraction of sp³-hybridized carbons (Fsp3) is 0. The second-order valence-corrected chi connectivity index (χ2v) is 6.14. The van der Waals surface area contributed by atoms with E-state index in [-0.39, 0.29) is 0 Å². The molecular formula is C20H13BrN2. The van der Waals surface area contributed by atoms with E-state index in [1.807, 2.05) is 6.07 Å². The Bertz CT molecular complexity index is 964. The molecule has 0 saturated heterocycles. The number of rotatable bonds is 2. The number of hydrogen-bond donors (Lipinski definition) is 0. The molecule has 1 aromatic heterocycles. The van der Waals surface area contributed by atoms with Crippen LogP contribution < -0.4 is 0 Å². The summed E-state index contributed by atoms with van der Waals surface area (Å²) in [4.78, 5) is 8.59. The van der Waals surface area contributed by atoms with Crippen molar-refractivity contribution in [1.29, 1.82) is 0 Å². The zero-order chi connectivity index (χ0) is 15.6. The Balaban J connectivity index is 1.82. The Hall–Kier alpha value is -2.52. The van der Waals surface area contributed by atoms with Gasteiger partial charge < -0.3 is 0 Å². The normalized spacial score (nSPS) is 10.8. The predicted octanol–water partition coefficient (Wildman–Crippen LogP) is 5.73. The van der Waals surface area contributed by atoms with Crippen LogP contribution in [-0.4, -0.2) is 9.97 Å². The molecule has 2 nitrogen and oxygen atoms in total. The average Bonchev–Trinajstić information content (AvgIpc) is 2.63. The maximum absolute atomic E-state index is 4.30. The average molecular weight is 361 g/mol. The molecule has 110 valence electrons. The van der Waals surface area contributed by atoms with Crippen LogP contribution in [0, 0.1) is 0 Å². The Kier molecular flexibility index (Phi) is 3.64. The molecule has 0 N–H and O–H groups in total. The van der Waals surface area contributed by atoms with E-state index in [2.05, 4.69) is 86.6 Å². The lowest BCUT2D eigenvalue weighted by atomic mass is 9.97. The first-order valence-electron chi connectivity index (χ1n) is 7.38. The van der Waals surface area contributed by atoms with Gasteiger partial charge in [0.2, 0.25) is 0 Å². The topological polar surface area (TPSA) is 25.8 Å². The molecule has 4 aromatic rings. The van der Waals surface area contributed by atoms with Crippen LogP contribution >= 0.6 is 15.9 Å². The van der Waals surface area contributed by atoms with Crippen LogP contribution in [0.1, 0.15) is 0 Å². The Morgan fingerprint density at radius 1 is 0.609 bits per heavy atom. The molecule has 0 aliphatic heterocycles. The number of halogens is 1. The van der Waals surface area contributed by atoms with Crippen LogP contribution in [-0.2, 0) is 0 Å². The highest BCUT2D eigenvalue weighted by Gasteiger charge is 2.07. The molecule has 1 heterocycles. The zero-order valence-electron chi connectivity index (χ0n) is 12.3. The summed E-state index contributed by atoms with van der Waals surface area (Å²) in [5.41, 5.74) is 3.44. The standard InChI is InChI=1S/C20H13BrN2/c21-19-11-10-16(17-4-1-2-5-18(17)19)14-6-8-15(9-7-14)20-22-12-3-13-23-20/h1-13H. The first kappa shape index (κ1) is 14.1. The molecular weight excluding hydrogens is 348 g/mol. The van der Waals surface area contributed by atoms with Crippen molar-refractivity contribution in [2.24, 2.45) is 0 Å². The summed E-state index contributed by atoms with van der Waals surface area (Å²) in [7, 11) is 0. The summed E-state index contributed by atoms with van der Waals surface area (Å²) < 4.78 is 1.12. The molecule has 0 fully saturated rings. The van der Waals surface area contributed by atoms with Crippen LogP contribution in [0.25, 0.3) is 33.3 Å². The highest BCUT2D eigenvalue weighted by Crippen LogP contribution is 2.33. The van der Waals surface area contributed by atoms with Gasteiger partial charge in [0.15, 0.2) is 5.82 Å². The molecule has 3 heteroatoms. The summed E-state index contributed by atoms with van der Waals surface area (Å²) in [5.74, 6) is 0.750. The number of fused-ring (bicyclic) bond motifs is 1. The third-order valence-corrected chi connectivity index (χ3v) is 4.58. The molecule has 0 unspecified atom stereocenters. The smallest absolute Gasteiger partial charge is 0.159 e. The highest BCUT2D eigenvalue weighted by molar-refractivity contribution is 9.10. The molecule has 4 rings (SSSR count). The maximum atomic E-state index is 4.30. The molecule has 0 atom stereocenters. The Morgan fingerprint density at radius 2 is 1.26 bits per heavy atom. The van der Waals surface area contributed by atoms with E-state index in [1.54, 1.807) is 12.4 Å². The summed E-state index contributed by atoms with van der Waals surface area (Å²) >= 11 is 3.63. The van der Waals surface area contributed by atoms with E-state index >= 15 is 0 Å². The predicted molar refractivity (Wildman–Crippen MR) is 98.1 cm³/mol. The molecule has 23 heavy (non-hydrogen) atoms. The summed E-state index contributed by atoms with van der Waals surface area (Å²) in [6, 6.07) is 22.9. The largest absolute Gasteiger partial charge is 0.237 e. The second-order valence-electron chi connectivity index (χ2n) is 5.29. The van der Waals surface area contributed by atoms with Gasteiger partial charge in [0.1, 0.15) is 0 Å². The summed E-state index contributed by atoms with van der Waals surface area (Å²) in [5, 5.41) is 2.46. The number of aromatic nitrogens is 2. The van der Waals surface area contributed by atoms with Crippen molar-refractivity contribution in [3.8, 4) is 22.5 Å². The fourth-order valence-electron chi connectivity index (χ4n) is 2.76. The van der Waals surface area contributed by atoms with Crippen LogP contribution in [0.5, 0.6) is 0 Å². The first-order valence-corrected chi connectivity index (χ1v) is 8.17. The van der Waals surface area contributed by atoms with E-state index in [9.17, 15) is 0 Å². The van der Waals surface area contributed by atoms with Crippen LogP contribution in [0.3, 0.4) is 0 Å². The minimum absolute atomic E-state index is 0.750. The minimum atomic E-state index is 0.750. The molecule has 0 bridgehead atoms. The second kappa shape index (κ2) is 5.94. The van der Waals surface area contributed by atoms with Gasteiger partial charge in [-0.25, -0.2) is 9.97 Å². The van der Waals surface area contributed by atoms with Gasteiger partial charge >= 0.3 is 0 Å². The van der Waals surface area contributed by atoms with Crippen molar-refractivity contribution in [3.63, 3.8) is 0 Å². The quantitative estimate of drug-likeness (QED) is 0.456. The molecule has 0 amide bonds. The van der Waals surface area contributed by atoms with Crippen molar-refractivity contribution in [1.82, 2.24) is 9.97 Å². The fourth-order valence-corrected chi connectivity index (χ4v) is 3.24. The molecule has 3 aromatic carbocycles. The van der Waals surface area contributed by atoms with E-state index < -0.39 is 0 Å². The SMILES string of the molecule is Brc1ccc(-c2ccc(-c3ncccn3)cc2)c2ccccc12. The zero-order valence-corrected chi connectivity index (χ0v) is 13.9. The Morgan fingerprint density at radius 3 is 2.00 bits per heavy atom. The number of benzene rings is 3. The lowest BCUT2D eigenvalue weighted by Gasteiger charge is -2.09. The third kappa shape index (κ3) is 2.64. The summed E-state index contributed by atoms with van der Waals surface area (Å²) in [6.07, 6.45) is 3.52. The van der Waals surface area contributed by atoms with E-state index in [4.69, 9.17) is 0 Å². The lowest BCUT2D eigenvalue weighted by Crippen LogP contribution is -1.87. The lowest BCUT2D eigenvalue weighted by molar-refractivity contribution is 1.18. The minimum Gasteiger partial charge on any atom is -0.237 e. The number of hydrogen-bond acceptors (Lipinski definition) is 2. The van der Waals surface area contributed by atoms with E-state index in [1.165, 1.54) is 21.9 Å². The van der Waals surface area contributed by atoms with Gasteiger partial charge in [-0.1, -0.05) is 70.5 Å². The number of nitrogens with zero attached hydrogens (tertiary/aromatic N) is 2. The molecule has 0 aliphatic rings. The Labute approximate surface area is 143 Å². The molecule has 0 aliphatic carbocycles. The van der Waals surface area contributed by atoms with Crippen molar-refractivity contribution < 1.29 is 0 Å². The van der Waals surface area contributed by atoms with Crippen molar-refractivity contribution >= 4 is 26.7 Å². The van der Waals surface area contributed by atoms with Gasteiger partial charge in [0.25, 0.3) is 0 Å². The van der Waals surface area contributed by atoms with Gasteiger partial charge in [-0.2, -0.15) is 0 Å². The third-order valence-electron chi connectivity index (χ3n) is 3.89. The van der Waals surface area contributed by atoms with Gasteiger partial charge in [0, 0.05) is 22.4 Å². The maximum Gasteiger partial charge on any atom is 0.159 e. The van der Waals surface area contributed by atoms with Crippen molar-refractivity contribution in [2.45, 2.75) is 0 Å². The van der Waals surface area contributed by atoms with Crippen LogP contribution in [0.15, 0.2) is 83.6 Å². The monoisotopic (exact) mass is 360 g/mol.